The maximum absolute atomic E-state index is 12.3. The number of nitrogens with zero attached hydrogens (tertiary/aromatic N) is 1. The van der Waals surface area contributed by atoms with Gasteiger partial charge in [0.2, 0.25) is 0 Å². The zero-order valence-corrected chi connectivity index (χ0v) is 13.5. The van der Waals surface area contributed by atoms with E-state index in [9.17, 15) is 9.59 Å². The van der Waals surface area contributed by atoms with E-state index < -0.39 is 0 Å². The molecule has 1 amide bonds. The van der Waals surface area contributed by atoms with Crippen molar-refractivity contribution in [3.63, 3.8) is 0 Å². The largest absolute Gasteiger partial charge is 0.484 e. The molecule has 1 atom stereocenters. The molecule has 0 radical (unpaired) electrons. The summed E-state index contributed by atoms with van der Waals surface area (Å²) in [5.74, 6) is 0.534. The molecule has 2 aromatic rings. The fourth-order valence-corrected chi connectivity index (χ4v) is 3.09. The molecule has 2 heterocycles. The van der Waals surface area contributed by atoms with Crippen molar-refractivity contribution in [3.05, 3.63) is 40.2 Å². The molecular formula is C18H21NO4. The summed E-state index contributed by atoms with van der Waals surface area (Å²) < 4.78 is 10.8. The third-order valence-electron chi connectivity index (χ3n) is 4.41. The minimum absolute atomic E-state index is 0.00277. The molecule has 1 aromatic carbocycles. The molecule has 122 valence electrons. The van der Waals surface area contributed by atoms with E-state index in [0.29, 0.717) is 11.3 Å². The van der Waals surface area contributed by atoms with Gasteiger partial charge < -0.3 is 14.1 Å². The first-order valence-corrected chi connectivity index (χ1v) is 8.01. The quantitative estimate of drug-likeness (QED) is 0.817. The number of likely N-dealkylation sites (tertiary alicyclic amines) is 1. The van der Waals surface area contributed by atoms with Crippen LogP contribution in [-0.4, -0.2) is 30.0 Å². The number of fused-ring (bicyclic) bond motifs is 1. The molecule has 1 saturated heterocycles. The van der Waals surface area contributed by atoms with E-state index in [-0.39, 0.29) is 24.2 Å². The van der Waals surface area contributed by atoms with E-state index in [0.717, 1.165) is 30.3 Å². The van der Waals surface area contributed by atoms with E-state index in [4.69, 9.17) is 9.15 Å². The third-order valence-corrected chi connectivity index (χ3v) is 4.41. The second-order valence-corrected chi connectivity index (χ2v) is 6.13. The van der Waals surface area contributed by atoms with Crippen LogP contribution < -0.4 is 10.4 Å². The van der Waals surface area contributed by atoms with E-state index in [1.165, 1.54) is 12.5 Å². The van der Waals surface area contributed by atoms with E-state index in [1.807, 2.05) is 17.9 Å². The van der Waals surface area contributed by atoms with Crippen molar-refractivity contribution in [2.75, 3.05) is 13.2 Å². The van der Waals surface area contributed by atoms with Gasteiger partial charge in [0.25, 0.3) is 5.91 Å². The number of hydrogen-bond acceptors (Lipinski definition) is 4. The summed E-state index contributed by atoms with van der Waals surface area (Å²) >= 11 is 0. The van der Waals surface area contributed by atoms with Crippen LogP contribution in [0.4, 0.5) is 0 Å². The Morgan fingerprint density at radius 2 is 2.17 bits per heavy atom. The van der Waals surface area contributed by atoms with Gasteiger partial charge in [-0.3, -0.25) is 4.79 Å². The maximum atomic E-state index is 12.3. The highest BCUT2D eigenvalue weighted by Crippen LogP contribution is 2.22. The number of ether oxygens (including phenoxy) is 1. The highest BCUT2D eigenvalue weighted by atomic mass is 16.5. The Hall–Kier alpha value is -2.30. The van der Waals surface area contributed by atoms with Crippen molar-refractivity contribution in [1.82, 2.24) is 4.90 Å². The Morgan fingerprint density at radius 1 is 1.35 bits per heavy atom. The molecular weight excluding hydrogens is 294 g/mol. The highest BCUT2D eigenvalue weighted by molar-refractivity contribution is 5.82. The Morgan fingerprint density at radius 3 is 2.96 bits per heavy atom. The van der Waals surface area contributed by atoms with Crippen molar-refractivity contribution >= 4 is 16.9 Å². The molecule has 0 unspecified atom stereocenters. The molecule has 0 bridgehead atoms. The monoisotopic (exact) mass is 315 g/mol. The lowest BCUT2D eigenvalue weighted by Crippen LogP contribution is -2.44. The van der Waals surface area contributed by atoms with Crippen LogP contribution in [0.1, 0.15) is 31.7 Å². The van der Waals surface area contributed by atoms with Crippen molar-refractivity contribution in [2.24, 2.45) is 0 Å². The zero-order chi connectivity index (χ0) is 16.4. The number of amides is 1. The summed E-state index contributed by atoms with van der Waals surface area (Å²) in [7, 11) is 0. The maximum Gasteiger partial charge on any atom is 0.336 e. The van der Waals surface area contributed by atoms with Gasteiger partial charge in [-0.25, -0.2) is 4.79 Å². The topological polar surface area (TPSA) is 59.8 Å². The number of hydrogen-bond donors (Lipinski definition) is 0. The molecule has 0 spiro atoms. The second-order valence-electron chi connectivity index (χ2n) is 6.13. The van der Waals surface area contributed by atoms with Crippen LogP contribution in [0.15, 0.2) is 33.5 Å². The molecule has 5 nitrogen and oxygen atoms in total. The van der Waals surface area contributed by atoms with E-state index in [1.54, 1.807) is 12.1 Å². The molecule has 1 aromatic heterocycles. The second kappa shape index (κ2) is 6.44. The molecule has 5 heteroatoms. The van der Waals surface area contributed by atoms with Gasteiger partial charge in [-0.05, 0) is 50.8 Å². The molecule has 0 aliphatic carbocycles. The van der Waals surface area contributed by atoms with Crippen LogP contribution in [0.25, 0.3) is 11.0 Å². The summed E-state index contributed by atoms with van der Waals surface area (Å²) in [5, 5.41) is 0.868. The summed E-state index contributed by atoms with van der Waals surface area (Å²) in [5.41, 5.74) is 0.956. The SMILES string of the molecule is Cc1cc(=O)oc2cc(OCC(=O)N3CCCC[C@H]3C)ccc12. The summed E-state index contributed by atoms with van der Waals surface area (Å²) in [6, 6.07) is 7.04. The standard InChI is InChI=1S/C18H21NO4/c1-12-9-18(21)23-16-10-14(6-7-15(12)16)22-11-17(20)19-8-4-3-5-13(19)2/h6-7,9-10,13H,3-5,8,11H2,1-2H3/t13-/m1/s1. The fraction of sp³-hybridized carbons (Fsp3) is 0.444. The van der Waals surface area contributed by atoms with Gasteiger partial charge in [0, 0.05) is 30.1 Å². The van der Waals surface area contributed by atoms with Gasteiger partial charge in [-0.15, -0.1) is 0 Å². The van der Waals surface area contributed by atoms with Crippen LogP contribution in [0.5, 0.6) is 5.75 Å². The van der Waals surface area contributed by atoms with Gasteiger partial charge >= 0.3 is 5.63 Å². The Bertz CT molecular complexity index is 780. The smallest absolute Gasteiger partial charge is 0.336 e. The van der Waals surface area contributed by atoms with Gasteiger partial charge in [-0.2, -0.15) is 0 Å². The van der Waals surface area contributed by atoms with E-state index in [2.05, 4.69) is 6.92 Å². The molecule has 1 fully saturated rings. The number of carbonyl (C=O) groups is 1. The molecule has 23 heavy (non-hydrogen) atoms. The van der Waals surface area contributed by atoms with Crippen LogP contribution in [0.3, 0.4) is 0 Å². The first kappa shape index (κ1) is 15.6. The molecule has 1 aliphatic rings. The molecule has 0 saturated carbocycles. The molecule has 3 rings (SSSR count). The number of rotatable bonds is 3. The highest BCUT2D eigenvalue weighted by Gasteiger charge is 2.23. The van der Waals surface area contributed by atoms with Gasteiger partial charge in [0.1, 0.15) is 11.3 Å². The number of aryl methyl sites for hydroxylation is 1. The average molecular weight is 315 g/mol. The minimum Gasteiger partial charge on any atom is -0.484 e. The normalized spacial score (nSPS) is 18.2. The Labute approximate surface area is 134 Å². The van der Waals surface area contributed by atoms with Crippen LogP contribution >= 0.6 is 0 Å². The Kier molecular flexibility index (Phi) is 4.37. The average Bonchev–Trinajstić information content (AvgIpc) is 2.52. The lowest BCUT2D eigenvalue weighted by Gasteiger charge is -2.33. The van der Waals surface area contributed by atoms with Gasteiger partial charge in [0.15, 0.2) is 6.61 Å². The zero-order valence-electron chi connectivity index (χ0n) is 13.5. The first-order valence-electron chi connectivity index (χ1n) is 8.01. The molecule has 0 N–H and O–H groups in total. The number of benzene rings is 1. The lowest BCUT2D eigenvalue weighted by atomic mass is 10.0. The summed E-state index contributed by atoms with van der Waals surface area (Å²) in [6.07, 6.45) is 3.28. The van der Waals surface area contributed by atoms with Crippen molar-refractivity contribution < 1.29 is 13.9 Å². The predicted molar refractivity (Wildman–Crippen MR) is 87.7 cm³/mol. The van der Waals surface area contributed by atoms with Gasteiger partial charge in [-0.1, -0.05) is 0 Å². The summed E-state index contributed by atoms with van der Waals surface area (Å²) in [6.45, 7) is 4.74. The van der Waals surface area contributed by atoms with E-state index >= 15 is 0 Å². The number of carbonyl (C=O) groups excluding carboxylic acids is 1. The minimum atomic E-state index is -0.384. The van der Waals surface area contributed by atoms with Crippen LogP contribution in [0, 0.1) is 6.92 Å². The third kappa shape index (κ3) is 3.38. The number of piperidine rings is 1. The van der Waals surface area contributed by atoms with Crippen molar-refractivity contribution in [1.29, 1.82) is 0 Å². The van der Waals surface area contributed by atoms with Crippen LogP contribution in [0.2, 0.25) is 0 Å². The lowest BCUT2D eigenvalue weighted by molar-refractivity contribution is -0.136. The first-order chi connectivity index (χ1) is 11.0. The van der Waals surface area contributed by atoms with Crippen LogP contribution in [-0.2, 0) is 4.79 Å². The fourth-order valence-electron chi connectivity index (χ4n) is 3.09. The van der Waals surface area contributed by atoms with Crippen molar-refractivity contribution in [2.45, 2.75) is 39.2 Å². The molecule has 1 aliphatic heterocycles. The Balaban J connectivity index is 1.72. The van der Waals surface area contributed by atoms with Crippen molar-refractivity contribution in [3.8, 4) is 5.75 Å². The summed E-state index contributed by atoms with van der Waals surface area (Å²) in [4.78, 5) is 25.6. The predicted octanol–water partition coefficient (Wildman–Crippen LogP) is 2.88. The van der Waals surface area contributed by atoms with Gasteiger partial charge in [0.05, 0.1) is 0 Å².